The Labute approximate surface area is 182 Å². The van der Waals surface area contributed by atoms with Gasteiger partial charge >= 0.3 is 0 Å². The quantitative estimate of drug-likeness (QED) is 0.608. The van der Waals surface area contributed by atoms with Crippen LogP contribution in [0.4, 0.5) is 5.69 Å². The zero-order chi connectivity index (χ0) is 21.8. The molecule has 4 rings (SSSR count). The summed E-state index contributed by atoms with van der Waals surface area (Å²) in [6.07, 6.45) is 2.17. The highest BCUT2D eigenvalue weighted by Crippen LogP contribution is 2.47. The molecule has 3 aliphatic rings. The maximum absolute atomic E-state index is 12.6. The molecule has 8 heteroatoms. The van der Waals surface area contributed by atoms with Gasteiger partial charge in [0.2, 0.25) is 11.8 Å². The number of carbonyl (C=O) groups is 2. The van der Waals surface area contributed by atoms with E-state index in [-0.39, 0.29) is 48.9 Å². The van der Waals surface area contributed by atoms with E-state index in [1.54, 1.807) is 0 Å². The van der Waals surface area contributed by atoms with Crippen LogP contribution in [-0.4, -0.2) is 61.6 Å². The van der Waals surface area contributed by atoms with Crippen molar-refractivity contribution in [2.45, 2.75) is 63.3 Å². The van der Waals surface area contributed by atoms with Crippen molar-refractivity contribution in [2.75, 3.05) is 31.7 Å². The maximum Gasteiger partial charge on any atom is 0.227 e. The summed E-state index contributed by atoms with van der Waals surface area (Å²) in [6, 6.07) is 5.67. The third-order valence-corrected chi connectivity index (χ3v) is 6.34. The van der Waals surface area contributed by atoms with Crippen molar-refractivity contribution in [3.8, 4) is 5.75 Å². The molecular weight excluding hydrogens is 400 g/mol. The van der Waals surface area contributed by atoms with Crippen LogP contribution in [0.1, 0.15) is 50.5 Å². The van der Waals surface area contributed by atoms with Gasteiger partial charge in [-0.25, -0.2) is 0 Å². The van der Waals surface area contributed by atoms with Gasteiger partial charge in [-0.05, 0) is 43.9 Å². The highest BCUT2D eigenvalue weighted by molar-refractivity contribution is 5.92. The van der Waals surface area contributed by atoms with Crippen LogP contribution in [0.2, 0.25) is 0 Å². The van der Waals surface area contributed by atoms with Gasteiger partial charge in [0.1, 0.15) is 18.0 Å². The van der Waals surface area contributed by atoms with Crippen molar-refractivity contribution in [2.24, 2.45) is 5.92 Å². The number of amides is 2. The summed E-state index contributed by atoms with van der Waals surface area (Å²) in [7, 11) is 0. The molecule has 2 fully saturated rings. The Morgan fingerprint density at radius 1 is 1.23 bits per heavy atom. The summed E-state index contributed by atoms with van der Waals surface area (Å²) in [4.78, 5) is 24.8. The standard InChI is InChI=1S/C23H32N2O6/c1-2-7-24-21(27)12-16-11-18-17-10-15(25-23(28)14-5-8-29-9-6-14)3-4-19(17)31-22(18)20(13-26)30-16/h3-4,10,14,16,18,20,22,26H,2,5-9,11-13H2,1H3,(H,24,27)(H,25,28)/t16-,18+,20-,22-/m0/s1. The van der Waals surface area contributed by atoms with Crippen molar-refractivity contribution in [1.29, 1.82) is 0 Å². The summed E-state index contributed by atoms with van der Waals surface area (Å²) in [5, 5.41) is 15.8. The molecule has 0 spiro atoms. The lowest BCUT2D eigenvalue weighted by molar-refractivity contribution is -0.142. The van der Waals surface area contributed by atoms with Gasteiger partial charge in [0, 0.05) is 42.8 Å². The molecule has 0 saturated carbocycles. The van der Waals surface area contributed by atoms with Gasteiger partial charge in [-0.3, -0.25) is 9.59 Å². The molecule has 3 aliphatic heterocycles. The zero-order valence-electron chi connectivity index (χ0n) is 18.0. The predicted octanol–water partition coefficient (Wildman–Crippen LogP) is 1.96. The molecule has 2 saturated heterocycles. The fraction of sp³-hybridized carbons (Fsp3) is 0.652. The van der Waals surface area contributed by atoms with E-state index in [9.17, 15) is 14.7 Å². The number of carbonyl (C=O) groups excluding carboxylic acids is 2. The molecule has 4 atom stereocenters. The smallest absolute Gasteiger partial charge is 0.227 e. The van der Waals surface area contributed by atoms with Crippen molar-refractivity contribution in [1.82, 2.24) is 5.32 Å². The number of ether oxygens (including phenoxy) is 3. The summed E-state index contributed by atoms with van der Waals surface area (Å²) < 4.78 is 17.4. The Hall–Kier alpha value is -2.16. The Morgan fingerprint density at radius 2 is 2.03 bits per heavy atom. The third kappa shape index (κ3) is 5.02. The van der Waals surface area contributed by atoms with Crippen LogP contribution < -0.4 is 15.4 Å². The number of fused-ring (bicyclic) bond motifs is 3. The first-order chi connectivity index (χ1) is 15.1. The normalized spacial score (nSPS) is 27.7. The van der Waals surface area contributed by atoms with Crippen LogP contribution in [-0.2, 0) is 19.1 Å². The summed E-state index contributed by atoms with van der Waals surface area (Å²) in [5.41, 5.74) is 1.74. The average Bonchev–Trinajstić information content (AvgIpc) is 3.15. The van der Waals surface area contributed by atoms with E-state index in [0.29, 0.717) is 26.2 Å². The van der Waals surface area contributed by atoms with E-state index in [1.807, 2.05) is 25.1 Å². The second kappa shape index (κ2) is 9.97. The van der Waals surface area contributed by atoms with Crippen molar-refractivity contribution in [3.63, 3.8) is 0 Å². The lowest BCUT2D eigenvalue weighted by Gasteiger charge is -2.37. The molecule has 2 amide bonds. The van der Waals surface area contributed by atoms with Crippen LogP contribution in [0.25, 0.3) is 0 Å². The molecule has 0 unspecified atom stereocenters. The van der Waals surface area contributed by atoms with Gasteiger partial charge in [0.15, 0.2) is 0 Å². The summed E-state index contributed by atoms with van der Waals surface area (Å²) >= 11 is 0. The van der Waals surface area contributed by atoms with Gasteiger partial charge in [-0.15, -0.1) is 0 Å². The lowest BCUT2D eigenvalue weighted by atomic mass is 9.84. The molecule has 0 aromatic heterocycles. The Kier molecular flexibility index (Phi) is 7.09. The molecule has 0 aliphatic carbocycles. The molecule has 31 heavy (non-hydrogen) atoms. The molecular formula is C23H32N2O6. The Bertz CT molecular complexity index is 794. The molecule has 0 radical (unpaired) electrons. The lowest BCUT2D eigenvalue weighted by Crippen LogP contribution is -2.47. The molecule has 3 heterocycles. The molecule has 8 nitrogen and oxygen atoms in total. The first-order valence-corrected chi connectivity index (χ1v) is 11.3. The summed E-state index contributed by atoms with van der Waals surface area (Å²) in [6.45, 7) is 3.72. The number of anilines is 1. The molecule has 0 bridgehead atoms. The second-order valence-corrected chi connectivity index (χ2v) is 8.59. The number of aliphatic hydroxyl groups excluding tert-OH is 1. The van der Waals surface area contributed by atoms with E-state index in [1.165, 1.54) is 0 Å². The summed E-state index contributed by atoms with van der Waals surface area (Å²) in [5.74, 6) is 0.698. The van der Waals surface area contributed by atoms with E-state index in [0.717, 1.165) is 36.3 Å². The molecule has 170 valence electrons. The topological polar surface area (TPSA) is 106 Å². The molecule has 3 N–H and O–H groups in total. The van der Waals surface area contributed by atoms with Gasteiger partial charge < -0.3 is 30.0 Å². The van der Waals surface area contributed by atoms with Crippen molar-refractivity contribution >= 4 is 17.5 Å². The number of rotatable bonds is 7. The fourth-order valence-corrected chi connectivity index (χ4v) is 4.71. The maximum atomic E-state index is 12.6. The first-order valence-electron chi connectivity index (χ1n) is 11.3. The monoisotopic (exact) mass is 432 g/mol. The van der Waals surface area contributed by atoms with Crippen molar-refractivity contribution < 1.29 is 28.9 Å². The minimum atomic E-state index is -0.490. The van der Waals surface area contributed by atoms with Gasteiger partial charge in [0.25, 0.3) is 0 Å². The average molecular weight is 433 g/mol. The Balaban J connectivity index is 1.46. The van der Waals surface area contributed by atoms with Crippen molar-refractivity contribution in [3.05, 3.63) is 23.8 Å². The SMILES string of the molecule is CCCNC(=O)C[C@@H]1C[C@@H]2c3cc(NC(=O)C4CCOCC4)ccc3O[C@@H]2[C@H](CO)O1. The molecule has 1 aromatic rings. The molecule has 1 aromatic carbocycles. The van der Waals surface area contributed by atoms with Crippen LogP contribution in [0.5, 0.6) is 5.75 Å². The number of hydrogen-bond acceptors (Lipinski definition) is 6. The first kappa shape index (κ1) is 22.0. The Morgan fingerprint density at radius 3 is 2.77 bits per heavy atom. The number of aliphatic hydroxyl groups is 1. The minimum Gasteiger partial charge on any atom is -0.487 e. The third-order valence-electron chi connectivity index (χ3n) is 6.34. The second-order valence-electron chi connectivity index (χ2n) is 8.59. The zero-order valence-corrected chi connectivity index (χ0v) is 18.0. The van der Waals surface area contributed by atoms with E-state index >= 15 is 0 Å². The fourth-order valence-electron chi connectivity index (χ4n) is 4.71. The van der Waals surface area contributed by atoms with Crippen LogP contribution >= 0.6 is 0 Å². The largest absolute Gasteiger partial charge is 0.487 e. The van der Waals surface area contributed by atoms with E-state index < -0.39 is 6.10 Å². The van der Waals surface area contributed by atoms with Crippen LogP contribution in [0.15, 0.2) is 18.2 Å². The minimum absolute atomic E-state index is 0.00445. The van der Waals surface area contributed by atoms with Gasteiger partial charge in [0.05, 0.1) is 19.1 Å². The van der Waals surface area contributed by atoms with Crippen LogP contribution in [0.3, 0.4) is 0 Å². The predicted molar refractivity (Wildman–Crippen MR) is 114 cm³/mol. The van der Waals surface area contributed by atoms with Gasteiger partial charge in [-0.2, -0.15) is 0 Å². The highest BCUT2D eigenvalue weighted by Gasteiger charge is 2.46. The van der Waals surface area contributed by atoms with Crippen LogP contribution in [0, 0.1) is 5.92 Å². The van der Waals surface area contributed by atoms with Gasteiger partial charge in [-0.1, -0.05) is 6.92 Å². The van der Waals surface area contributed by atoms with E-state index in [4.69, 9.17) is 14.2 Å². The van der Waals surface area contributed by atoms with E-state index in [2.05, 4.69) is 10.6 Å². The number of hydrogen-bond donors (Lipinski definition) is 3. The highest BCUT2D eigenvalue weighted by atomic mass is 16.6. The number of benzene rings is 1. The number of nitrogens with one attached hydrogen (secondary N) is 2.